The summed E-state index contributed by atoms with van der Waals surface area (Å²) in [4.78, 5) is 17.8. The van der Waals surface area contributed by atoms with Gasteiger partial charge >= 0.3 is 5.97 Å². The van der Waals surface area contributed by atoms with E-state index in [1.165, 1.54) is 5.69 Å². The first kappa shape index (κ1) is 13.1. The normalized spacial score (nSPS) is 19.9. The van der Waals surface area contributed by atoms with Crippen LogP contribution in [0.4, 0.5) is 0 Å². The molecule has 1 fully saturated rings. The predicted octanol–water partition coefficient (Wildman–Crippen LogP) is 1.50. The number of aryl methyl sites for hydroxylation is 1. The molecule has 1 aliphatic rings. The number of carbonyl (C=O) groups is 1. The summed E-state index contributed by atoms with van der Waals surface area (Å²) >= 11 is 0. The molecule has 0 bridgehead atoms. The summed E-state index contributed by atoms with van der Waals surface area (Å²) in [5.74, 6) is -0.634. The van der Waals surface area contributed by atoms with Crippen molar-refractivity contribution in [1.29, 1.82) is 0 Å². The first-order valence-electron chi connectivity index (χ1n) is 6.48. The Labute approximate surface area is 107 Å². The van der Waals surface area contributed by atoms with Gasteiger partial charge < -0.3 is 9.67 Å². The number of rotatable bonds is 4. The van der Waals surface area contributed by atoms with Gasteiger partial charge in [-0.15, -0.1) is 0 Å². The Hall–Kier alpha value is -1.36. The third kappa shape index (κ3) is 2.41. The number of imidazole rings is 1. The maximum absolute atomic E-state index is 11.4. The summed E-state index contributed by atoms with van der Waals surface area (Å²) in [6.45, 7) is 4.54. The monoisotopic (exact) mass is 251 g/mol. The quantitative estimate of drug-likeness (QED) is 0.881. The van der Waals surface area contributed by atoms with Crippen LogP contribution in [0, 0.1) is 5.41 Å². The van der Waals surface area contributed by atoms with Gasteiger partial charge in [-0.1, -0.05) is 6.92 Å². The van der Waals surface area contributed by atoms with Gasteiger partial charge in [0.2, 0.25) is 0 Å². The van der Waals surface area contributed by atoms with Crippen LogP contribution in [-0.2, 0) is 18.4 Å². The smallest absolute Gasteiger partial charge is 0.309 e. The topological polar surface area (TPSA) is 58.4 Å². The van der Waals surface area contributed by atoms with E-state index in [4.69, 9.17) is 0 Å². The molecule has 2 rings (SSSR count). The molecule has 1 aliphatic heterocycles. The molecule has 1 aromatic heterocycles. The van der Waals surface area contributed by atoms with Gasteiger partial charge in [-0.05, 0) is 32.4 Å². The van der Waals surface area contributed by atoms with Gasteiger partial charge in [-0.3, -0.25) is 9.69 Å². The van der Waals surface area contributed by atoms with Gasteiger partial charge in [0.25, 0.3) is 0 Å². The Morgan fingerprint density at radius 3 is 2.61 bits per heavy atom. The van der Waals surface area contributed by atoms with Crippen molar-refractivity contribution in [1.82, 2.24) is 14.5 Å². The maximum Gasteiger partial charge on any atom is 0.309 e. The van der Waals surface area contributed by atoms with E-state index in [1.54, 1.807) is 6.33 Å². The fourth-order valence-corrected chi connectivity index (χ4v) is 2.62. The van der Waals surface area contributed by atoms with Crippen molar-refractivity contribution in [3.8, 4) is 0 Å². The summed E-state index contributed by atoms with van der Waals surface area (Å²) < 4.78 is 2.01. The van der Waals surface area contributed by atoms with E-state index in [0.29, 0.717) is 0 Å². The fraction of sp³-hybridized carbons (Fsp3) is 0.692. The molecule has 0 atom stereocenters. The molecule has 5 heteroatoms. The van der Waals surface area contributed by atoms with Crippen LogP contribution in [0.2, 0.25) is 0 Å². The second-order valence-corrected chi connectivity index (χ2v) is 5.21. The highest BCUT2D eigenvalue weighted by molar-refractivity contribution is 5.74. The van der Waals surface area contributed by atoms with Gasteiger partial charge in [0.1, 0.15) is 0 Å². The third-order valence-electron chi connectivity index (χ3n) is 4.25. The molecule has 1 aromatic rings. The Morgan fingerprint density at radius 2 is 2.17 bits per heavy atom. The molecule has 1 N–H and O–H groups in total. The minimum Gasteiger partial charge on any atom is -0.481 e. The highest BCUT2D eigenvalue weighted by Gasteiger charge is 2.39. The van der Waals surface area contributed by atoms with Gasteiger partial charge in [-0.2, -0.15) is 0 Å². The average molecular weight is 251 g/mol. The zero-order valence-corrected chi connectivity index (χ0v) is 11.1. The van der Waals surface area contributed by atoms with Crippen LogP contribution in [0.3, 0.4) is 0 Å². The summed E-state index contributed by atoms with van der Waals surface area (Å²) in [6.07, 6.45) is 5.89. The molecule has 100 valence electrons. The van der Waals surface area contributed by atoms with Crippen molar-refractivity contribution >= 4 is 5.97 Å². The summed E-state index contributed by atoms with van der Waals surface area (Å²) in [7, 11) is 1.99. The highest BCUT2D eigenvalue weighted by Crippen LogP contribution is 2.35. The van der Waals surface area contributed by atoms with Crippen molar-refractivity contribution in [3.63, 3.8) is 0 Å². The van der Waals surface area contributed by atoms with Crippen LogP contribution in [0.5, 0.6) is 0 Å². The number of likely N-dealkylation sites (tertiary alicyclic amines) is 1. The summed E-state index contributed by atoms with van der Waals surface area (Å²) in [5.41, 5.74) is 0.678. The lowest BCUT2D eigenvalue weighted by Crippen LogP contribution is -2.43. The van der Waals surface area contributed by atoms with E-state index in [-0.39, 0.29) is 0 Å². The Balaban J connectivity index is 1.94. The molecular weight excluding hydrogens is 230 g/mol. The number of hydrogen-bond acceptors (Lipinski definition) is 3. The Kier molecular flexibility index (Phi) is 3.71. The maximum atomic E-state index is 11.4. The molecule has 2 heterocycles. The lowest BCUT2D eigenvalue weighted by Gasteiger charge is -2.38. The molecule has 0 aromatic carbocycles. The second-order valence-electron chi connectivity index (χ2n) is 5.21. The number of nitrogens with zero attached hydrogens (tertiary/aromatic N) is 3. The number of piperidine rings is 1. The predicted molar refractivity (Wildman–Crippen MR) is 68.1 cm³/mol. The number of hydrogen-bond donors (Lipinski definition) is 1. The van der Waals surface area contributed by atoms with Crippen molar-refractivity contribution in [2.45, 2.75) is 32.7 Å². The zero-order chi connectivity index (χ0) is 13.2. The van der Waals surface area contributed by atoms with E-state index in [0.717, 1.165) is 38.9 Å². The minimum atomic E-state index is -0.634. The largest absolute Gasteiger partial charge is 0.481 e. The second kappa shape index (κ2) is 5.10. The SMILES string of the molecule is CCC1(C(=O)O)CCN(Cc2cncn2C)CC1. The van der Waals surface area contributed by atoms with E-state index in [9.17, 15) is 9.90 Å². The van der Waals surface area contributed by atoms with Gasteiger partial charge in [-0.25, -0.2) is 4.98 Å². The van der Waals surface area contributed by atoms with E-state index in [1.807, 2.05) is 24.7 Å². The third-order valence-corrected chi connectivity index (χ3v) is 4.25. The molecule has 1 saturated heterocycles. The Bertz CT molecular complexity index is 420. The van der Waals surface area contributed by atoms with Crippen molar-refractivity contribution < 1.29 is 9.90 Å². The standard InChI is InChI=1S/C13H21N3O2/c1-3-13(12(17)18)4-6-16(7-5-13)9-11-8-14-10-15(11)2/h8,10H,3-7,9H2,1-2H3,(H,17,18). The molecule has 0 amide bonds. The van der Waals surface area contributed by atoms with Crippen LogP contribution in [0.1, 0.15) is 31.9 Å². The number of carboxylic acids is 1. The van der Waals surface area contributed by atoms with Crippen LogP contribution in [-0.4, -0.2) is 38.6 Å². The highest BCUT2D eigenvalue weighted by atomic mass is 16.4. The Morgan fingerprint density at radius 1 is 1.50 bits per heavy atom. The molecule has 18 heavy (non-hydrogen) atoms. The lowest BCUT2D eigenvalue weighted by molar-refractivity contribution is -0.152. The van der Waals surface area contributed by atoms with E-state index >= 15 is 0 Å². The average Bonchev–Trinajstić information content (AvgIpc) is 2.76. The van der Waals surface area contributed by atoms with Crippen molar-refractivity contribution in [3.05, 3.63) is 18.2 Å². The number of aliphatic carboxylic acids is 1. The van der Waals surface area contributed by atoms with E-state index in [2.05, 4.69) is 9.88 Å². The molecule has 5 nitrogen and oxygen atoms in total. The molecular formula is C13H21N3O2. The van der Waals surface area contributed by atoms with Crippen LogP contribution in [0.15, 0.2) is 12.5 Å². The van der Waals surface area contributed by atoms with Gasteiger partial charge in [0, 0.05) is 19.8 Å². The lowest BCUT2D eigenvalue weighted by atomic mass is 9.76. The summed E-state index contributed by atoms with van der Waals surface area (Å²) in [6, 6.07) is 0. The zero-order valence-electron chi connectivity index (χ0n) is 11.1. The van der Waals surface area contributed by atoms with Gasteiger partial charge in [0.15, 0.2) is 0 Å². The first-order valence-corrected chi connectivity index (χ1v) is 6.48. The number of aromatic nitrogens is 2. The molecule has 0 saturated carbocycles. The fourth-order valence-electron chi connectivity index (χ4n) is 2.62. The first-order chi connectivity index (χ1) is 8.57. The van der Waals surface area contributed by atoms with Crippen LogP contribution in [0.25, 0.3) is 0 Å². The number of carboxylic acid groups (broad SMARTS) is 1. The van der Waals surface area contributed by atoms with Gasteiger partial charge in [0.05, 0.1) is 17.4 Å². The molecule has 0 radical (unpaired) electrons. The van der Waals surface area contributed by atoms with E-state index < -0.39 is 11.4 Å². The minimum absolute atomic E-state index is 0.497. The molecule has 0 aliphatic carbocycles. The van der Waals surface area contributed by atoms with Crippen LogP contribution >= 0.6 is 0 Å². The van der Waals surface area contributed by atoms with Crippen molar-refractivity contribution in [2.75, 3.05) is 13.1 Å². The van der Waals surface area contributed by atoms with Crippen LogP contribution < -0.4 is 0 Å². The summed E-state index contributed by atoms with van der Waals surface area (Å²) in [5, 5.41) is 9.34. The molecule has 0 spiro atoms. The molecule has 0 unspecified atom stereocenters. The van der Waals surface area contributed by atoms with Crippen molar-refractivity contribution in [2.24, 2.45) is 12.5 Å².